The molecule has 0 saturated heterocycles. The molecule has 1 aliphatic rings. The molecule has 0 aliphatic carbocycles. The number of hydrogen-bond donors (Lipinski definition) is 1. The molecule has 4 heteroatoms. The molecule has 1 unspecified atom stereocenters. The SMILES string of the molecule is CCC(C(=O)Nc1ccccc1-c1cn2c(n1)CCCC2)c1ccccc1. The standard InChI is InChI=1S/C23H25N3O/c1-2-18(17-10-4-3-5-11-17)23(27)25-20-13-7-6-12-19(20)21-16-26-15-9-8-14-22(26)24-21/h3-7,10-13,16,18H,2,8-9,14-15H2,1H3,(H,25,27). The summed E-state index contributed by atoms with van der Waals surface area (Å²) in [5.74, 6) is 1.02. The highest BCUT2D eigenvalue weighted by atomic mass is 16.1. The van der Waals surface area contributed by atoms with E-state index >= 15 is 0 Å². The zero-order valence-corrected chi connectivity index (χ0v) is 15.7. The molecule has 2 heterocycles. The second-order valence-corrected chi connectivity index (χ2v) is 7.10. The van der Waals surface area contributed by atoms with Crippen LogP contribution in [0.2, 0.25) is 0 Å². The Bertz CT molecular complexity index is 906. The number of rotatable bonds is 5. The molecule has 1 atom stereocenters. The number of para-hydroxylation sites is 1. The third-order valence-corrected chi connectivity index (χ3v) is 5.30. The number of nitrogens with one attached hydrogen (secondary N) is 1. The van der Waals surface area contributed by atoms with Gasteiger partial charge in [-0.05, 0) is 30.9 Å². The molecule has 138 valence electrons. The molecule has 0 saturated carbocycles. The molecule has 1 amide bonds. The van der Waals surface area contributed by atoms with Crippen LogP contribution >= 0.6 is 0 Å². The number of nitrogens with zero attached hydrogens (tertiary/aromatic N) is 2. The maximum atomic E-state index is 13.0. The number of hydrogen-bond acceptors (Lipinski definition) is 2. The first-order valence-corrected chi connectivity index (χ1v) is 9.77. The summed E-state index contributed by atoms with van der Waals surface area (Å²) in [6.07, 6.45) is 6.31. The number of aryl methyl sites for hydroxylation is 2. The van der Waals surface area contributed by atoms with Gasteiger partial charge in [-0.25, -0.2) is 4.98 Å². The Morgan fingerprint density at radius 3 is 2.67 bits per heavy atom. The fraction of sp³-hybridized carbons (Fsp3) is 0.304. The minimum absolute atomic E-state index is 0.0279. The van der Waals surface area contributed by atoms with Crippen LogP contribution in [0.3, 0.4) is 0 Å². The second-order valence-electron chi connectivity index (χ2n) is 7.10. The van der Waals surface area contributed by atoms with Crippen molar-refractivity contribution in [2.75, 3.05) is 5.32 Å². The topological polar surface area (TPSA) is 46.9 Å². The lowest BCUT2D eigenvalue weighted by atomic mass is 9.95. The summed E-state index contributed by atoms with van der Waals surface area (Å²) in [7, 11) is 0. The molecule has 1 N–H and O–H groups in total. The molecular weight excluding hydrogens is 334 g/mol. The molecule has 4 rings (SSSR count). The fourth-order valence-electron chi connectivity index (χ4n) is 3.84. The second kappa shape index (κ2) is 7.78. The van der Waals surface area contributed by atoms with E-state index in [1.807, 2.05) is 61.5 Å². The first-order chi connectivity index (χ1) is 13.3. The van der Waals surface area contributed by atoms with E-state index in [1.54, 1.807) is 0 Å². The van der Waals surface area contributed by atoms with Crippen molar-refractivity contribution in [1.29, 1.82) is 0 Å². The average molecular weight is 359 g/mol. The molecule has 4 nitrogen and oxygen atoms in total. The van der Waals surface area contributed by atoms with Gasteiger partial charge < -0.3 is 9.88 Å². The van der Waals surface area contributed by atoms with Crippen LogP contribution in [0.1, 0.15) is 43.5 Å². The van der Waals surface area contributed by atoms with E-state index in [0.717, 1.165) is 47.7 Å². The normalized spacial score (nSPS) is 14.4. The van der Waals surface area contributed by atoms with E-state index in [2.05, 4.69) is 16.1 Å². The van der Waals surface area contributed by atoms with Gasteiger partial charge in [-0.2, -0.15) is 0 Å². The molecular formula is C23H25N3O. The van der Waals surface area contributed by atoms with Gasteiger partial charge >= 0.3 is 0 Å². The number of imidazole rings is 1. The summed E-state index contributed by atoms with van der Waals surface area (Å²) in [4.78, 5) is 17.8. The van der Waals surface area contributed by atoms with E-state index in [0.29, 0.717) is 0 Å². The first kappa shape index (κ1) is 17.5. The van der Waals surface area contributed by atoms with Crippen molar-refractivity contribution in [1.82, 2.24) is 9.55 Å². The van der Waals surface area contributed by atoms with Gasteiger partial charge in [-0.1, -0.05) is 55.5 Å². The van der Waals surface area contributed by atoms with Gasteiger partial charge in [-0.15, -0.1) is 0 Å². The van der Waals surface area contributed by atoms with E-state index in [1.165, 1.54) is 12.8 Å². The summed E-state index contributed by atoms with van der Waals surface area (Å²) in [6, 6.07) is 17.9. The van der Waals surface area contributed by atoms with Crippen LogP contribution in [0.15, 0.2) is 60.8 Å². The number of fused-ring (bicyclic) bond motifs is 1. The van der Waals surface area contributed by atoms with Crippen LogP contribution in [0.5, 0.6) is 0 Å². The number of aromatic nitrogens is 2. The van der Waals surface area contributed by atoms with Gasteiger partial charge in [0.2, 0.25) is 5.91 Å². The van der Waals surface area contributed by atoms with Crippen molar-refractivity contribution in [2.24, 2.45) is 0 Å². The number of amides is 1. The Morgan fingerprint density at radius 2 is 1.89 bits per heavy atom. The van der Waals surface area contributed by atoms with Gasteiger partial charge in [0, 0.05) is 24.7 Å². The van der Waals surface area contributed by atoms with Gasteiger partial charge in [0.25, 0.3) is 0 Å². The smallest absolute Gasteiger partial charge is 0.231 e. The molecule has 0 fully saturated rings. The van der Waals surface area contributed by atoms with E-state index in [-0.39, 0.29) is 11.8 Å². The quantitative estimate of drug-likeness (QED) is 0.695. The lowest BCUT2D eigenvalue weighted by Gasteiger charge is -2.17. The van der Waals surface area contributed by atoms with Crippen LogP contribution in [-0.2, 0) is 17.8 Å². The van der Waals surface area contributed by atoms with Crippen LogP contribution < -0.4 is 5.32 Å². The molecule has 0 radical (unpaired) electrons. The highest BCUT2D eigenvalue weighted by Gasteiger charge is 2.21. The number of benzene rings is 2. The highest BCUT2D eigenvalue weighted by Crippen LogP contribution is 2.30. The van der Waals surface area contributed by atoms with Crippen molar-refractivity contribution in [2.45, 2.75) is 45.1 Å². The van der Waals surface area contributed by atoms with Crippen LogP contribution in [0.25, 0.3) is 11.3 Å². The maximum absolute atomic E-state index is 13.0. The Hall–Kier alpha value is -2.88. The predicted octanol–water partition coefficient (Wildman–Crippen LogP) is 5.02. The summed E-state index contributed by atoms with van der Waals surface area (Å²) in [6.45, 7) is 3.08. The van der Waals surface area contributed by atoms with Crippen molar-refractivity contribution in [3.63, 3.8) is 0 Å². The minimum atomic E-state index is -0.158. The Labute approximate surface area is 160 Å². The van der Waals surface area contributed by atoms with E-state index in [9.17, 15) is 4.79 Å². The highest BCUT2D eigenvalue weighted by molar-refractivity contribution is 5.98. The lowest BCUT2D eigenvalue weighted by Crippen LogP contribution is -2.21. The van der Waals surface area contributed by atoms with Crippen molar-refractivity contribution in [3.05, 3.63) is 72.2 Å². The maximum Gasteiger partial charge on any atom is 0.231 e. The Kier molecular flexibility index (Phi) is 5.05. The lowest BCUT2D eigenvalue weighted by molar-refractivity contribution is -0.117. The number of carbonyl (C=O) groups is 1. The zero-order chi connectivity index (χ0) is 18.6. The molecule has 2 aromatic carbocycles. The van der Waals surface area contributed by atoms with E-state index < -0.39 is 0 Å². The monoisotopic (exact) mass is 359 g/mol. The third kappa shape index (κ3) is 3.65. The molecule has 27 heavy (non-hydrogen) atoms. The van der Waals surface area contributed by atoms with Crippen LogP contribution in [-0.4, -0.2) is 15.5 Å². The van der Waals surface area contributed by atoms with Crippen molar-refractivity contribution < 1.29 is 4.79 Å². The minimum Gasteiger partial charge on any atom is -0.334 e. The summed E-state index contributed by atoms with van der Waals surface area (Å²) >= 11 is 0. The average Bonchev–Trinajstić information content (AvgIpc) is 3.14. The number of anilines is 1. The third-order valence-electron chi connectivity index (χ3n) is 5.30. The predicted molar refractivity (Wildman–Crippen MR) is 109 cm³/mol. The van der Waals surface area contributed by atoms with Crippen molar-refractivity contribution >= 4 is 11.6 Å². The number of carbonyl (C=O) groups excluding carboxylic acids is 1. The van der Waals surface area contributed by atoms with Crippen LogP contribution in [0, 0.1) is 0 Å². The summed E-state index contributed by atoms with van der Waals surface area (Å²) < 4.78 is 2.25. The summed E-state index contributed by atoms with van der Waals surface area (Å²) in [5, 5.41) is 3.15. The van der Waals surface area contributed by atoms with Gasteiger partial charge in [-0.3, -0.25) is 4.79 Å². The fourth-order valence-corrected chi connectivity index (χ4v) is 3.84. The summed E-state index contributed by atoms with van der Waals surface area (Å²) in [5.41, 5.74) is 3.80. The molecule has 1 aromatic heterocycles. The Morgan fingerprint density at radius 1 is 1.11 bits per heavy atom. The van der Waals surface area contributed by atoms with Crippen LogP contribution in [0.4, 0.5) is 5.69 Å². The molecule has 3 aromatic rings. The van der Waals surface area contributed by atoms with Gasteiger partial charge in [0.1, 0.15) is 5.82 Å². The van der Waals surface area contributed by atoms with E-state index in [4.69, 9.17) is 4.98 Å². The largest absolute Gasteiger partial charge is 0.334 e. The van der Waals surface area contributed by atoms with Crippen molar-refractivity contribution in [3.8, 4) is 11.3 Å². The molecule has 1 aliphatic heterocycles. The Balaban J connectivity index is 1.61. The van der Waals surface area contributed by atoms with Gasteiger partial charge in [0.05, 0.1) is 17.3 Å². The zero-order valence-electron chi connectivity index (χ0n) is 15.7. The molecule has 0 bridgehead atoms. The molecule has 0 spiro atoms. The van der Waals surface area contributed by atoms with Gasteiger partial charge in [0.15, 0.2) is 0 Å². The first-order valence-electron chi connectivity index (χ1n) is 9.77.